The number of carbonyl (C=O) groups is 1. The summed E-state index contributed by atoms with van der Waals surface area (Å²) in [6.07, 6.45) is 1.61. The lowest BCUT2D eigenvalue weighted by Gasteiger charge is -2.05. The van der Waals surface area contributed by atoms with Crippen LogP contribution < -0.4 is 11.1 Å². The third-order valence-corrected chi connectivity index (χ3v) is 4.27. The van der Waals surface area contributed by atoms with Gasteiger partial charge in [0.25, 0.3) is 5.91 Å². The van der Waals surface area contributed by atoms with Gasteiger partial charge in [-0.25, -0.2) is 9.98 Å². The molecule has 122 valence electrons. The summed E-state index contributed by atoms with van der Waals surface area (Å²) < 4.78 is 0. The first-order valence-electron chi connectivity index (χ1n) is 6.89. The fourth-order valence-corrected chi connectivity index (χ4v) is 2.87. The minimum Gasteiger partial charge on any atom is -0.365 e. The molecule has 0 aliphatic rings. The van der Waals surface area contributed by atoms with Gasteiger partial charge in [0.2, 0.25) is 0 Å². The Kier molecular flexibility index (Phi) is 4.59. The molecule has 2 aromatic heterocycles. The lowest BCUT2D eigenvalue weighted by molar-refractivity contribution is 0.100. The Morgan fingerprint density at radius 3 is 3.00 bits per heavy atom. The number of aromatic amines is 1. The van der Waals surface area contributed by atoms with Gasteiger partial charge < -0.3 is 11.1 Å². The van der Waals surface area contributed by atoms with E-state index in [1.807, 2.05) is 6.92 Å². The summed E-state index contributed by atoms with van der Waals surface area (Å²) in [5.74, 6) is -0.0702. The number of H-pyrrole nitrogens is 1. The molecule has 0 aliphatic heterocycles. The second-order valence-electron chi connectivity index (χ2n) is 4.86. The Labute approximate surface area is 146 Å². The van der Waals surface area contributed by atoms with Gasteiger partial charge in [-0.2, -0.15) is 5.10 Å². The standard InChI is InChI=1S/C15H13ClN6OS/c1-8-11(24-7-19-8)6-18-14-12(13(17)23)15(22-21-14)20-10-4-2-3-9(16)5-10/h2-7H,1H3,(H2,17,23)(H2,20,21,22). The molecule has 0 unspecified atom stereocenters. The van der Waals surface area contributed by atoms with E-state index in [4.69, 9.17) is 17.3 Å². The van der Waals surface area contributed by atoms with Crippen molar-refractivity contribution in [3.05, 3.63) is 50.9 Å². The van der Waals surface area contributed by atoms with E-state index in [9.17, 15) is 4.79 Å². The van der Waals surface area contributed by atoms with E-state index >= 15 is 0 Å². The number of amides is 1. The first-order valence-corrected chi connectivity index (χ1v) is 8.15. The third kappa shape index (κ3) is 3.44. The van der Waals surface area contributed by atoms with Gasteiger partial charge in [0.05, 0.1) is 16.1 Å². The van der Waals surface area contributed by atoms with Crippen LogP contribution in [0.1, 0.15) is 20.9 Å². The Bertz CT molecular complexity index is 916. The summed E-state index contributed by atoms with van der Waals surface area (Å²) in [5.41, 5.74) is 8.93. The second kappa shape index (κ2) is 6.81. The molecule has 0 aliphatic carbocycles. The summed E-state index contributed by atoms with van der Waals surface area (Å²) in [7, 11) is 0. The number of nitrogens with two attached hydrogens (primary N) is 1. The monoisotopic (exact) mass is 360 g/mol. The van der Waals surface area contributed by atoms with Gasteiger partial charge >= 0.3 is 0 Å². The van der Waals surface area contributed by atoms with E-state index in [1.54, 1.807) is 36.0 Å². The maximum atomic E-state index is 11.8. The number of nitrogens with zero attached hydrogens (tertiary/aromatic N) is 3. The summed E-state index contributed by atoms with van der Waals surface area (Å²) >= 11 is 7.40. The molecule has 0 saturated heterocycles. The van der Waals surface area contributed by atoms with Gasteiger partial charge in [0, 0.05) is 16.9 Å². The number of halogens is 1. The highest BCUT2D eigenvalue weighted by molar-refractivity contribution is 7.11. The summed E-state index contributed by atoms with van der Waals surface area (Å²) in [4.78, 5) is 21.1. The maximum Gasteiger partial charge on any atom is 0.256 e. The van der Waals surface area contributed by atoms with Crippen molar-refractivity contribution in [1.29, 1.82) is 0 Å². The number of hydrogen-bond acceptors (Lipinski definition) is 6. The number of primary amides is 1. The topological polar surface area (TPSA) is 109 Å². The molecule has 0 fully saturated rings. The number of aromatic nitrogens is 3. The maximum absolute atomic E-state index is 11.8. The first-order chi connectivity index (χ1) is 11.5. The number of nitrogens with one attached hydrogen (secondary N) is 2. The van der Waals surface area contributed by atoms with Gasteiger partial charge in [-0.05, 0) is 25.1 Å². The molecule has 1 aromatic carbocycles. The summed E-state index contributed by atoms with van der Waals surface area (Å²) in [6.45, 7) is 1.88. The third-order valence-electron chi connectivity index (χ3n) is 3.17. The molecule has 24 heavy (non-hydrogen) atoms. The van der Waals surface area contributed by atoms with Crippen molar-refractivity contribution in [2.24, 2.45) is 10.7 Å². The largest absolute Gasteiger partial charge is 0.365 e. The van der Waals surface area contributed by atoms with Gasteiger partial charge in [-0.1, -0.05) is 17.7 Å². The molecule has 9 heteroatoms. The molecule has 0 atom stereocenters. The number of anilines is 2. The zero-order valence-corrected chi connectivity index (χ0v) is 14.1. The normalized spacial score (nSPS) is 11.1. The van der Waals surface area contributed by atoms with Gasteiger partial charge in [-0.15, -0.1) is 11.3 Å². The van der Waals surface area contributed by atoms with Crippen LogP contribution in [0.4, 0.5) is 17.3 Å². The van der Waals surface area contributed by atoms with E-state index in [-0.39, 0.29) is 11.4 Å². The number of hydrogen-bond donors (Lipinski definition) is 3. The number of benzene rings is 1. The Hall–Kier alpha value is -2.71. The van der Waals surface area contributed by atoms with E-state index < -0.39 is 5.91 Å². The van der Waals surface area contributed by atoms with Crippen LogP contribution in [-0.4, -0.2) is 27.3 Å². The predicted octanol–water partition coefficient (Wildman–Crippen LogP) is 3.42. The molecule has 2 heterocycles. The molecule has 1 amide bonds. The zero-order valence-electron chi connectivity index (χ0n) is 12.6. The quantitative estimate of drug-likeness (QED) is 0.605. The highest BCUT2D eigenvalue weighted by Gasteiger charge is 2.18. The van der Waals surface area contributed by atoms with Crippen molar-refractivity contribution in [3.8, 4) is 0 Å². The number of carbonyl (C=O) groups excluding carboxylic acids is 1. The van der Waals surface area contributed by atoms with Gasteiger partial charge in [0.1, 0.15) is 11.4 Å². The summed E-state index contributed by atoms with van der Waals surface area (Å²) in [6, 6.07) is 7.07. The van der Waals surface area contributed by atoms with Crippen LogP contribution in [0.25, 0.3) is 0 Å². The molecule has 4 N–H and O–H groups in total. The van der Waals surface area contributed by atoms with Crippen LogP contribution in [0.5, 0.6) is 0 Å². The second-order valence-corrected chi connectivity index (χ2v) is 6.18. The Morgan fingerprint density at radius 2 is 2.33 bits per heavy atom. The van der Waals surface area contributed by atoms with E-state index in [1.165, 1.54) is 11.3 Å². The SMILES string of the molecule is Cc1ncsc1C=Nc1n[nH]c(Nc2cccc(Cl)c2)c1C(N)=O. The van der Waals surface area contributed by atoms with Crippen molar-refractivity contribution < 1.29 is 4.79 Å². The molecule has 0 saturated carbocycles. The van der Waals surface area contributed by atoms with Crippen LogP contribution >= 0.6 is 22.9 Å². The Morgan fingerprint density at radius 1 is 1.50 bits per heavy atom. The number of rotatable bonds is 5. The van der Waals surface area contributed by atoms with Crippen molar-refractivity contribution in [1.82, 2.24) is 15.2 Å². The van der Waals surface area contributed by atoms with Crippen molar-refractivity contribution >= 4 is 52.4 Å². The number of aliphatic imine (C=N–C) groups is 1. The van der Waals surface area contributed by atoms with Crippen LogP contribution in [0.2, 0.25) is 5.02 Å². The lowest BCUT2D eigenvalue weighted by atomic mass is 10.2. The fraction of sp³-hybridized carbons (Fsp3) is 0.0667. The molecule has 0 spiro atoms. The Balaban J connectivity index is 1.92. The molecule has 3 aromatic rings. The number of aryl methyl sites for hydroxylation is 1. The highest BCUT2D eigenvalue weighted by Crippen LogP contribution is 2.27. The van der Waals surface area contributed by atoms with E-state index in [2.05, 4.69) is 25.5 Å². The number of thiazole rings is 1. The predicted molar refractivity (Wildman–Crippen MR) is 95.9 cm³/mol. The highest BCUT2D eigenvalue weighted by atomic mass is 35.5. The van der Waals surface area contributed by atoms with Gasteiger partial charge in [-0.3, -0.25) is 9.89 Å². The minimum absolute atomic E-state index is 0.174. The molecule has 7 nitrogen and oxygen atoms in total. The fourth-order valence-electron chi connectivity index (χ4n) is 2.01. The lowest BCUT2D eigenvalue weighted by Crippen LogP contribution is -2.12. The van der Waals surface area contributed by atoms with Gasteiger partial charge in [0.15, 0.2) is 5.82 Å². The molecular formula is C15H13ClN6OS. The van der Waals surface area contributed by atoms with E-state index in [0.29, 0.717) is 16.5 Å². The van der Waals surface area contributed by atoms with Crippen LogP contribution in [0.15, 0.2) is 34.8 Å². The minimum atomic E-state index is -0.638. The zero-order chi connectivity index (χ0) is 17.1. The molecule has 3 rings (SSSR count). The molecule has 0 bridgehead atoms. The average Bonchev–Trinajstić information content (AvgIpc) is 3.11. The smallest absolute Gasteiger partial charge is 0.256 e. The van der Waals surface area contributed by atoms with Crippen molar-refractivity contribution in [2.45, 2.75) is 6.92 Å². The van der Waals surface area contributed by atoms with Crippen LogP contribution in [0.3, 0.4) is 0 Å². The first kappa shape index (κ1) is 16.2. The van der Waals surface area contributed by atoms with Crippen molar-refractivity contribution in [2.75, 3.05) is 5.32 Å². The van der Waals surface area contributed by atoms with Crippen molar-refractivity contribution in [3.63, 3.8) is 0 Å². The summed E-state index contributed by atoms with van der Waals surface area (Å²) in [5, 5.41) is 10.4. The van der Waals surface area contributed by atoms with Crippen LogP contribution in [0, 0.1) is 6.92 Å². The average molecular weight is 361 g/mol. The molecule has 0 radical (unpaired) electrons. The van der Waals surface area contributed by atoms with Crippen LogP contribution in [-0.2, 0) is 0 Å². The molecular weight excluding hydrogens is 348 g/mol. The van der Waals surface area contributed by atoms with E-state index in [0.717, 1.165) is 10.6 Å².